The van der Waals surface area contributed by atoms with Gasteiger partial charge in [-0.2, -0.15) is 0 Å². The van der Waals surface area contributed by atoms with Crippen LogP contribution in [0.3, 0.4) is 0 Å². The molecule has 0 saturated carbocycles. The van der Waals surface area contributed by atoms with Gasteiger partial charge in [-0.25, -0.2) is 8.42 Å². The lowest BCUT2D eigenvalue weighted by Crippen LogP contribution is -2.23. The molecule has 2 rings (SSSR count). The van der Waals surface area contributed by atoms with Crippen molar-refractivity contribution >= 4 is 21.2 Å². The lowest BCUT2D eigenvalue weighted by Gasteiger charge is -2.16. The van der Waals surface area contributed by atoms with Gasteiger partial charge in [0.15, 0.2) is 0 Å². The van der Waals surface area contributed by atoms with E-state index in [-0.39, 0.29) is 11.8 Å². The monoisotopic (exact) mass is 329 g/mol. The van der Waals surface area contributed by atoms with E-state index in [0.717, 1.165) is 13.0 Å². The minimum atomic E-state index is -2.90. The standard InChI is InChI=1S/C16H27NO2S2/c1-3-10-17-14(9-11-21(2,18)19)16-12-13-7-5-4-6-8-15(13)20-16/h12,14,17H,3-11H2,1-2H3. The van der Waals surface area contributed by atoms with Crippen LogP contribution in [0.2, 0.25) is 0 Å². The molecule has 1 aromatic heterocycles. The predicted molar refractivity (Wildman–Crippen MR) is 90.9 cm³/mol. The first-order chi connectivity index (χ1) is 9.99. The van der Waals surface area contributed by atoms with Crippen LogP contribution in [0.15, 0.2) is 6.07 Å². The van der Waals surface area contributed by atoms with Crippen LogP contribution < -0.4 is 5.32 Å². The fourth-order valence-electron chi connectivity index (χ4n) is 2.86. The van der Waals surface area contributed by atoms with E-state index in [1.54, 1.807) is 0 Å². The number of nitrogens with one attached hydrogen (secondary N) is 1. The van der Waals surface area contributed by atoms with Gasteiger partial charge in [0.1, 0.15) is 9.84 Å². The summed E-state index contributed by atoms with van der Waals surface area (Å²) in [6.07, 6.45) is 9.39. The largest absolute Gasteiger partial charge is 0.309 e. The van der Waals surface area contributed by atoms with Crippen molar-refractivity contribution < 1.29 is 8.42 Å². The molecule has 1 aliphatic carbocycles. The summed E-state index contributed by atoms with van der Waals surface area (Å²) in [6.45, 7) is 3.08. The van der Waals surface area contributed by atoms with Crippen LogP contribution in [0.25, 0.3) is 0 Å². The van der Waals surface area contributed by atoms with Gasteiger partial charge in [0.25, 0.3) is 0 Å². The van der Waals surface area contributed by atoms with Crippen LogP contribution in [0.1, 0.15) is 60.4 Å². The van der Waals surface area contributed by atoms with Crippen LogP contribution >= 0.6 is 11.3 Å². The molecule has 1 heterocycles. The van der Waals surface area contributed by atoms with E-state index in [1.165, 1.54) is 53.7 Å². The highest BCUT2D eigenvalue weighted by Gasteiger charge is 2.19. The molecule has 5 heteroatoms. The van der Waals surface area contributed by atoms with Gasteiger partial charge in [0, 0.05) is 22.1 Å². The van der Waals surface area contributed by atoms with Crippen molar-refractivity contribution in [1.29, 1.82) is 0 Å². The van der Waals surface area contributed by atoms with Gasteiger partial charge in [0.05, 0.1) is 5.75 Å². The van der Waals surface area contributed by atoms with Gasteiger partial charge in [0.2, 0.25) is 0 Å². The second-order valence-corrected chi connectivity index (χ2v) is 9.51. The van der Waals surface area contributed by atoms with Gasteiger partial charge >= 0.3 is 0 Å². The van der Waals surface area contributed by atoms with Gasteiger partial charge in [-0.15, -0.1) is 11.3 Å². The molecular formula is C16H27NO2S2. The zero-order valence-corrected chi connectivity index (χ0v) is 14.8. The molecule has 21 heavy (non-hydrogen) atoms. The minimum Gasteiger partial charge on any atom is -0.309 e. The normalized spacial score (nSPS) is 17.2. The van der Waals surface area contributed by atoms with E-state index in [0.29, 0.717) is 6.42 Å². The maximum absolute atomic E-state index is 11.5. The Labute approximate surface area is 133 Å². The highest BCUT2D eigenvalue weighted by atomic mass is 32.2. The fraction of sp³-hybridized carbons (Fsp3) is 0.750. The molecule has 1 unspecified atom stereocenters. The quantitative estimate of drug-likeness (QED) is 0.779. The number of hydrogen-bond acceptors (Lipinski definition) is 4. The Morgan fingerprint density at radius 2 is 2.05 bits per heavy atom. The second kappa shape index (κ2) is 7.75. The lowest BCUT2D eigenvalue weighted by atomic mass is 10.1. The number of fused-ring (bicyclic) bond motifs is 1. The smallest absolute Gasteiger partial charge is 0.147 e. The Hall–Kier alpha value is -0.390. The van der Waals surface area contributed by atoms with E-state index in [1.807, 2.05) is 11.3 Å². The first kappa shape index (κ1) is 17.0. The summed E-state index contributed by atoms with van der Waals surface area (Å²) in [5, 5.41) is 3.53. The highest BCUT2D eigenvalue weighted by Crippen LogP contribution is 2.33. The Morgan fingerprint density at radius 1 is 1.29 bits per heavy atom. The van der Waals surface area contributed by atoms with Gasteiger partial charge in [-0.1, -0.05) is 13.3 Å². The number of aryl methyl sites for hydroxylation is 2. The summed E-state index contributed by atoms with van der Waals surface area (Å²) in [4.78, 5) is 2.86. The Morgan fingerprint density at radius 3 is 2.76 bits per heavy atom. The topological polar surface area (TPSA) is 46.2 Å². The molecule has 1 N–H and O–H groups in total. The molecule has 0 aliphatic heterocycles. The van der Waals surface area contributed by atoms with Crippen molar-refractivity contribution in [3.05, 3.63) is 21.4 Å². The molecule has 0 saturated heterocycles. The van der Waals surface area contributed by atoms with Crippen molar-refractivity contribution in [3.63, 3.8) is 0 Å². The molecule has 120 valence electrons. The molecular weight excluding hydrogens is 302 g/mol. The van der Waals surface area contributed by atoms with Crippen molar-refractivity contribution in [2.75, 3.05) is 18.6 Å². The van der Waals surface area contributed by atoms with E-state index >= 15 is 0 Å². The van der Waals surface area contributed by atoms with Crippen molar-refractivity contribution in [1.82, 2.24) is 5.32 Å². The maximum atomic E-state index is 11.5. The molecule has 1 aliphatic rings. The number of sulfone groups is 1. The summed E-state index contributed by atoms with van der Waals surface area (Å²) >= 11 is 1.90. The van der Waals surface area contributed by atoms with Crippen molar-refractivity contribution in [2.24, 2.45) is 0 Å². The zero-order chi connectivity index (χ0) is 15.3. The van der Waals surface area contributed by atoms with Crippen molar-refractivity contribution in [3.8, 4) is 0 Å². The summed E-state index contributed by atoms with van der Waals surface area (Å²) in [7, 11) is -2.90. The first-order valence-electron chi connectivity index (χ1n) is 8.02. The zero-order valence-electron chi connectivity index (χ0n) is 13.2. The predicted octanol–water partition coefficient (Wildman–Crippen LogP) is 3.49. The molecule has 0 amide bonds. The summed E-state index contributed by atoms with van der Waals surface area (Å²) < 4.78 is 22.9. The summed E-state index contributed by atoms with van der Waals surface area (Å²) in [6, 6.07) is 2.53. The number of rotatable bonds is 7. The van der Waals surface area contributed by atoms with Crippen LogP contribution in [0, 0.1) is 0 Å². The third-order valence-corrected chi connectivity index (χ3v) is 6.36. The highest BCUT2D eigenvalue weighted by molar-refractivity contribution is 7.90. The van der Waals surface area contributed by atoms with Crippen LogP contribution in [-0.2, 0) is 22.7 Å². The van der Waals surface area contributed by atoms with E-state index < -0.39 is 9.84 Å². The average Bonchev–Trinajstić information content (AvgIpc) is 2.69. The number of hydrogen-bond donors (Lipinski definition) is 1. The summed E-state index contributed by atoms with van der Waals surface area (Å²) in [5.41, 5.74) is 1.51. The molecule has 0 radical (unpaired) electrons. The molecule has 0 spiro atoms. The van der Waals surface area contributed by atoms with Gasteiger partial charge in [-0.05, 0) is 56.7 Å². The second-order valence-electron chi connectivity index (χ2n) is 6.08. The van der Waals surface area contributed by atoms with Crippen LogP contribution in [0.4, 0.5) is 0 Å². The van der Waals surface area contributed by atoms with Gasteiger partial charge < -0.3 is 5.32 Å². The molecule has 3 nitrogen and oxygen atoms in total. The third-order valence-electron chi connectivity index (χ3n) is 4.03. The van der Waals surface area contributed by atoms with Crippen molar-refractivity contribution in [2.45, 2.75) is 57.9 Å². The number of thiophene rings is 1. The molecule has 0 bridgehead atoms. The molecule has 0 fully saturated rings. The molecule has 1 aromatic rings. The van der Waals surface area contributed by atoms with Crippen LogP contribution in [0.5, 0.6) is 0 Å². The Balaban J connectivity index is 2.11. The SMILES string of the molecule is CCCNC(CCS(C)(=O)=O)c1cc2c(s1)CCCCC2. The first-order valence-corrected chi connectivity index (χ1v) is 10.9. The van der Waals surface area contributed by atoms with Gasteiger partial charge in [-0.3, -0.25) is 0 Å². The summed E-state index contributed by atoms with van der Waals surface area (Å²) in [5.74, 6) is 0.261. The Bertz CT molecular complexity index is 525. The fourth-order valence-corrected chi connectivity index (χ4v) is 4.89. The van der Waals surface area contributed by atoms with E-state index in [2.05, 4.69) is 18.3 Å². The lowest BCUT2D eigenvalue weighted by molar-refractivity contribution is 0.520. The van der Waals surface area contributed by atoms with E-state index in [4.69, 9.17) is 0 Å². The average molecular weight is 330 g/mol. The minimum absolute atomic E-state index is 0.191. The maximum Gasteiger partial charge on any atom is 0.147 e. The third kappa shape index (κ3) is 5.38. The Kier molecular flexibility index (Phi) is 6.26. The van der Waals surface area contributed by atoms with E-state index in [9.17, 15) is 8.42 Å². The molecule has 1 atom stereocenters. The van der Waals surface area contributed by atoms with Crippen LogP contribution in [-0.4, -0.2) is 27.0 Å². The molecule has 0 aromatic carbocycles.